The number of para-hydroxylation sites is 1. The van der Waals surface area contributed by atoms with Gasteiger partial charge in [-0.25, -0.2) is 0 Å². The first-order valence-electron chi connectivity index (χ1n) is 7.65. The Morgan fingerprint density at radius 2 is 1.70 bits per heavy atom. The normalized spacial score (nSPS) is 14.1. The van der Waals surface area contributed by atoms with Crippen molar-refractivity contribution in [1.29, 1.82) is 0 Å². The molecule has 0 saturated heterocycles. The largest absolute Gasteiger partial charge is 0.490 e. The molecular weight excluding hydrogens is 312 g/mol. The standard InChI is InChI=1S/C18H20N2O2.ClH/c19-17-8-4-3-7-16(17)18(21)20-13-9-11-15(12-10-13)22-14-5-1-2-6-14;/h3-4,7-12,14H,1-2,5-6,19H2,(H,20,21);1H. The Morgan fingerprint density at radius 1 is 1.04 bits per heavy atom. The highest BCUT2D eigenvalue weighted by Gasteiger charge is 2.16. The van der Waals surface area contributed by atoms with Gasteiger partial charge in [0.25, 0.3) is 5.91 Å². The van der Waals surface area contributed by atoms with Gasteiger partial charge in [0.2, 0.25) is 0 Å². The van der Waals surface area contributed by atoms with E-state index in [-0.39, 0.29) is 18.3 Å². The van der Waals surface area contributed by atoms with Crippen molar-refractivity contribution in [3.05, 3.63) is 54.1 Å². The third-order valence-electron chi connectivity index (χ3n) is 3.92. The van der Waals surface area contributed by atoms with Crippen LogP contribution in [0.15, 0.2) is 48.5 Å². The first-order chi connectivity index (χ1) is 10.7. The smallest absolute Gasteiger partial charge is 0.257 e. The van der Waals surface area contributed by atoms with Crippen LogP contribution in [0.4, 0.5) is 11.4 Å². The minimum atomic E-state index is -0.206. The number of nitrogens with two attached hydrogens (primary N) is 1. The summed E-state index contributed by atoms with van der Waals surface area (Å²) in [7, 11) is 0. The second-order valence-electron chi connectivity index (χ2n) is 5.59. The zero-order chi connectivity index (χ0) is 15.4. The molecule has 0 atom stereocenters. The minimum Gasteiger partial charge on any atom is -0.490 e. The van der Waals surface area contributed by atoms with E-state index >= 15 is 0 Å². The number of ether oxygens (including phenoxy) is 1. The quantitative estimate of drug-likeness (QED) is 0.822. The van der Waals surface area contributed by atoms with Gasteiger partial charge >= 0.3 is 0 Å². The van der Waals surface area contributed by atoms with Crippen LogP contribution in [-0.2, 0) is 0 Å². The van der Waals surface area contributed by atoms with Crippen molar-refractivity contribution in [2.24, 2.45) is 0 Å². The SMILES string of the molecule is Cl.Nc1ccccc1C(=O)Nc1ccc(OC2CCCC2)cc1. The Hall–Kier alpha value is -2.20. The lowest BCUT2D eigenvalue weighted by Crippen LogP contribution is -2.14. The molecular formula is C18H21ClN2O2. The summed E-state index contributed by atoms with van der Waals surface area (Å²) in [6, 6.07) is 14.5. The summed E-state index contributed by atoms with van der Waals surface area (Å²) in [5.41, 5.74) is 7.49. The van der Waals surface area contributed by atoms with E-state index < -0.39 is 0 Å². The molecule has 122 valence electrons. The Kier molecular flexibility index (Phi) is 5.88. The highest BCUT2D eigenvalue weighted by atomic mass is 35.5. The molecule has 2 aromatic carbocycles. The predicted octanol–water partition coefficient (Wildman–Crippen LogP) is 4.26. The van der Waals surface area contributed by atoms with Gasteiger partial charge in [-0.05, 0) is 62.1 Å². The summed E-state index contributed by atoms with van der Waals surface area (Å²) in [6.45, 7) is 0. The number of nitrogen functional groups attached to an aromatic ring is 1. The van der Waals surface area contributed by atoms with Crippen molar-refractivity contribution in [3.8, 4) is 5.75 Å². The van der Waals surface area contributed by atoms with Crippen molar-refractivity contribution >= 4 is 29.7 Å². The van der Waals surface area contributed by atoms with Gasteiger partial charge in [0.1, 0.15) is 5.75 Å². The topological polar surface area (TPSA) is 64.4 Å². The van der Waals surface area contributed by atoms with Gasteiger partial charge < -0.3 is 15.8 Å². The van der Waals surface area contributed by atoms with Gasteiger partial charge in [-0.2, -0.15) is 0 Å². The van der Waals surface area contributed by atoms with Crippen LogP contribution >= 0.6 is 12.4 Å². The van der Waals surface area contributed by atoms with E-state index in [0.717, 1.165) is 24.3 Å². The molecule has 1 aliphatic rings. The maximum atomic E-state index is 12.2. The third-order valence-corrected chi connectivity index (χ3v) is 3.92. The lowest BCUT2D eigenvalue weighted by Gasteiger charge is -2.13. The van der Waals surface area contributed by atoms with Crippen LogP contribution in [0.1, 0.15) is 36.0 Å². The number of rotatable bonds is 4. The second-order valence-corrected chi connectivity index (χ2v) is 5.59. The summed E-state index contributed by atoms with van der Waals surface area (Å²) in [6.07, 6.45) is 5.09. The summed E-state index contributed by atoms with van der Waals surface area (Å²) >= 11 is 0. The molecule has 1 amide bonds. The van der Waals surface area contributed by atoms with Gasteiger partial charge in [0.15, 0.2) is 0 Å². The maximum Gasteiger partial charge on any atom is 0.257 e. The number of halogens is 1. The molecule has 5 heteroatoms. The van der Waals surface area contributed by atoms with Gasteiger partial charge in [-0.1, -0.05) is 12.1 Å². The van der Waals surface area contributed by atoms with Crippen molar-refractivity contribution in [1.82, 2.24) is 0 Å². The summed E-state index contributed by atoms with van der Waals surface area (Å²) in [5, 5.41) is 2.85. The minimum absolute atomic E-state index is 0. The van der Waals surface area contributed by atoms with E-state index in [1.165, 1.54) is 12.8 Å². The first-order valence-corrected chi connectivity index (χ1v) is 7.65. The molecule has 1 fully saturated rings. The summed E-state index contributed by atoms with van der Waals surface area (Å²) in [5.74, 6) is 0.645. The first kappa shape index (κ1) is 17.2. The number of benzene rings is 2. The average Bonchev–Trinajstić information content (AvgIpc) is 3.02. The molecule has 0 aliphatic heterocycles. The van der Waals surface area contributed by atoms with E-state index in [1.54, 1.807) is 24.3 Å². The average molecular weight is 333 g/mol. The van der Waals surface area contributed by atoms with Crippen LogP contribution in [0, 0.1) is 0 Å². The Morgan fingerprint density at radius 3 is 2.35 bits per heavy atom. The molecule has 3 N–H and O–H groups in total. The van der Waals surface area contributed by atoms with Gasteiger partial charge in [0.05, 0.1) is 11.7 Å². The van der Waals surface area contributed by atoms with Gasteiger partial charge in [-0.15, -0.1) is 12.4 Å². The molecule has 0 spiro atoms. The van der Waals surface area contributed by atoms with Gasteiger partial charge in [-0.3, -0.25) is 4.79 Å². The van der Waals surface area contributed by atoms with Crippen LogP contribution in [-0.4, -0.2) is 12.0 Å². The van der Waals surface area contributed by atoms with Crippen molar-refractivity contribution in [3.63, 3.8) is 0 Å². The van der Waals surface area contributed by atoms with Crippen LogP contribution in [0.3, 0.4) is 0 Å². The number of hydrogen-bond acceptors (Lipinski definition) is 3. The Bertz CT molecular complexity index is 652. The Labute approximate surface area is 142 Å². The predicted molar refractivity (Wildman–Crippen MR) is 95.4 cm³/mol. The fourth-order valence-electron chi connectivity index (χ4n) is 2.72. The van der Waals surface area contributed by atoms with E-state index in [4.69, 9.17) is 10.5 Å². The molecule has 0 aromatic heterocycles. The highest BCUT2D eigenvalue weighted by Crippen LogP contribution is 2.25. The summed E-state index contributed by atoms with van der Waals surface area (Å²) in [4.78, 5) is 12.2. The molecule has 0 unspecified atom stereocenters. The van der Waals surface area contributed by atoms with Crippen molar-refractivity contribution in [2.45, 2.75) is 31.8 Å². The fourth-order valence-corrected chi connectivity index (χ4v) is 2.72. The number of carbonyl (C=O) groups excluding carboxylic acids is 1. The number of amides is 1. The van der Waals surface area contributed by atoms with Crippen molar-refractivity contribution in [2.75, 3.05) is 11.1 Å². The van der Waals surface area contributed by atoms with Crippen LogP contribution in [0.25, 0.3) is 0 Å². The number of carbonyl (C=O) groups is 1. The monoisotopic (exact) mass is 332 g/mol. The van der Waals surface area contributed by atoms with Crippen LogP contribution in [0.5, 0.6) is 5.75 Å². The molecule has 0 heterocycles. The van der Waals surface area contributed by atoms with Crippen LogP contribution in [0.2, 0.25) is 0 Å². The number of anilines is 2. The molecule has 0 radical (unpaired) electrons. The van der Waals surface area contributed by atoms with E-state index in [0.29, 0.717) is 17.4 Å². The van der Waals surface area contributed by atoms with Crippen LogP contribution < -0.4 is 15.8 Å². The highest BCUT2D eigenvalue weighted by molar-refractivity contribution is 6.07. The molecule has 2 aromatic rings. The summed E-state index contributed by atoms with van der Waals surface area (Å²) < 4.78 is 5.91. The van der Waals surface area contributed by atoms with Crippen molar-refractivity contribution < 1.29 is 9.53 Å². The number of nitrogens with one attached hydrogen (secondary N) is 1. The van der Waals surface area contributed by atoms with E-state index in [2.05, 4.69) is 5.32 Å². The molecule has 23 heavy (non-hydrogen) atoms. The molecule has 0 bridgehead atoms. The van der Waals surface area contributed by atoms with E-state index in [1.807, 2.05) is 24.3 Å². The molecule has 4 nitrogen and oxygen atoms in total. The third kappa shape index (κ3) is 4.39. The zero-order valence-corrected chi connectivity index (χ0v) is 13.6. The Balaban J connectivity index is 0.00000192. The van der Waals surface area contributed by atoms with E-state index in [9.17, 15) is 4.79 Å². The fraction of sp³-hybridized carbons (Fsp3) is 0.278. The lowest BCUT2D eigenvalue weighted by molar-refractivity contribution is 0.102. The number of hydrogen-bond donors (Lipinski definition) is 2. The molecule has 3 rings (SSSR count). The maximum absolute atomic E-state index is 12.2. The zero-order valence-electron chi connectivity index (χ0n) is 12.8. The lowest BCUT2D eigenvalue weighted by atomic mass is 10.1. The van der Waals surface area contributed by atoms with Gasteiger partial charge in [0, 0.05) is 11.4 Å². The second kappa shape index (κ2) is 7.88. The molecule has 1 aliphatic carbocycles. The molecule has 1 saturated carbocycles.